The van der Waals surface area contributed by atoms with E-state index in [0.29, 0.717) is 24.6 Å². The summed E-state index contributed by atoms with van der Waals surface area (Å²) in [4.78, 5) is 0. The van der Waals surface area contributed by atoms with E-state index in [4.69, 9.17) is 14.2 Å². The Morgan fingerprint density at radius 1 is 1.00 bits per heavy atom. The predicted molar refractivity (Wildman–Crippen MR) is 79.8 cm³/mol. The van der Waals surface area contributed by atoms with E-state index in [1.54, 1.807) is 26.0 Å². The number of nitrogens with one attached hydrogen (secondary N) is 1. The lowest BCUT2D eigenvalue weighted by molar-refractivity contribution is 0.347. The van der Waals surface area contributed by atoms with Gasteiger partial charge in [0.05, 0.1) is 27.0 Å². The molecule has 0 saturated carbocycles. The highest BCUT2D eigenvalue weighted by molar-refractivity contribution is 5.50. The summed E-state index contributed by atoms with van der Waals surface area (Å²) in [6, 6.07) is 5.73. The van der Waals surface area contributed by atoms with Crippen LogP contribution in [-0.2, 0) is 20.1 Å². The van der Waals surface area contributed by atoms with Gasteiger partial charge in [0.25, 0.3) is 0 Å². The van der Waals surface area contributed by atoms with Gasteiger partial charge in [0, 0.05) is 38.0 Å². The third kappa shape index (κ3) is 3.66. The van der Waals surface area contributed by atoms with Crippen LogP contribution in [0, 0.1) is 0 Å². The van der Waals surface area contributed by atoms with Crippen LogP contribution >= 0.6 is 0 Å². The smallest absolute Gasteiger partial charge is 0.164 e. The molecule has 6 nitrogen and oxygen atoms in total. The van der Waals surface area contributed by atoms with Crippen LogP contribution in [0.5, 0.6) is 17.2 Å². The van der Waals surface area contributed by atoms with Crippen LogP contribution in [-0.4, -0.2) is 31.1 Å². The van der Waals surface area contributed by atoms with Gasteiger partial charge in [-0.2, -0.15) is 5.10 Å². The van der Waals surface area contributed by atoms with Gasteiger partial charge in [-0.05, 0) is 12.1 Å². The van der Waals surface area contributed by atoms with E-state index in [1.165, 1.54) is 0 Å². The van der Waals surface area contributed by atoms with E-state index in [2.05, 4.69) is 10.4 Å². The largest absolute Gasteiger partial charge is 0.496 e. The van der Waals surface area contributed by atoms with E-state index in [-0.39, 0.29) is 0 Å². The molecule has 0 aliphatic carbocycles. The average molecular weight is 291 g/mol. The molecule has 0 atom stereocenters. The number of rotatable bonds is 7. The Balaban J connectivity index is 2.07. The van der Waals surface area contributed by atoms with Gasteiger partial charge in [0.15, 0.2) is 11.5 Å². The van der Waals surface area contributed by atoms with Gasteiger partial charge in [-0.25, -0.2) is 0 Å². The maximum Gasteiger partial charge on any atom is 0.164 e. The van der Waals surface area contributed by atoms with E-state index in [9.17, 15) is 0 Å². The molecule has 0 unspecified atom stereocenters. The molecule has 2 rings (SSSR count). The number of hydrogen-bond donors (Lipinski definition) is 1. The molecule has 0 amide bonds. The predicted octanol–water partition coefficient (Wildman–Crippen LogP) is 1.74. The zero-order valence-electron chi connectivity index (χ0n) is 12.8. The van der Waals surface area contributed by atoms with Crippen LogP contribution in [0.15, 0.2) is 24.4 Å². The normalized spacial score (nSPS) is 10.5. The van der Waals surface area contributed by atoms with Crippen molar-refractivity contribution in [1.82, 2.24) is 15.1 Å². The molecule has 0 radical (unpaired) electrons. The highest BCUT2D eigenvalue weighted by Crippen LogP contribution is 2.34. The molecule has 2 aromatic rings. The van der Waals surface area contributed by atoms with E-state index in [0.717, 1.165) is 17.0 Å². The second-order valence-electron chi connectivity index (χ2n) is 4.60. The first-order chi connectivity index (χ1) is 10.2. The van der Waals surface area contributed by atoms with Crippen molar-refractivity contribution in [2.75, 3.05) is 21.3 Å². The molecule has 0 aliphatic heterocycles. The molecular formula is C15H21N3O3. The van der Waals surface area contributed by atoms with Crippen LogP contribution in [0.1, 0.15) is 11.3 Å². The van der Waals surface area contributed by atoms with Gasteiger partial charge < -0.3 is 19.5 Å². The minimum Gasteiger partial charge on any atom is -0.496 e. The quantitative estimate of drug-likeness (QED) is 0.842. The van der Waals surface area contributed by atoms with Crippen molar-refractivity contribution in [2.45, 2.75) is 13.1 Å². The number of ether oxygens (including phenoxy) is 3. The second kappa shape index (κ2) is 6.99. The molecule has 1 aromatic carbocycles. The van der Waals surface area contributed by atoms with Crippen molar-refractivity contribution in [2.24, 2.45) is 7.05 Å². The van der Waals surface area contributed by atoms with Crippen molar-refractivity contribution in [3.63, 3.8) is 0 Å². The summed E-state index contributed by atoms with van der Waals surface area (Å²) >= 11 is 0. The standard InChI is InChI=1S/C15H21N3O3/c1-18-6-5-12(17-18)10-16-9-11-7-14(20-3)15(21-4)8-13(11)19-2/h5-8,16H,9-10H2,1-4H3. The van der Waals surface area contributed by atoms with Crippen LogP contribution < -0.4 is 19.5 Å². The summed E-state index contributed by atoms with van der Waals surface area (Å²) in [6.07, 6.45) is 1.92. The zero-order valence-corrected chi connectivity index (χ0v) is 12.8. The van der Waals surface area contributed by atoms with Crippen LogP contribution in [0.3, 0.4) is 0 Å². The molecule has 0 bridgehead atoms. The van der Waals surface area contributed by atoms with Crippen molar-refractivity contribution in [3.8, 4) is 17.2 Å². The number of methoxy groups -OCH3 is 3. The number of benzene rings is 1. The van der Waals surface area contributed by atoms with Crippen molar-refractivity contribution < 1.29 is 14.2 Å². The summed E-state index contributed by atoms with van der Waals surface area (Å²) in [5, 5.41) is 7.67. The zero-order chi connectivity index (χ0) is 15.2. The molecule has 6 heteroatoms. The highest BCUT2D eigenvalue weighted by Gasteiger charge is 2.11. The third-order valence-corrected chi connectivity index (χ3v) is 3.18. The number of aryl methyl sites for hydroxylation is 1. The Labute approximate surface area is 124 Å². The van der Waals surface area contributed by atoms with Crippen molar-refractivity contribution >= 4 is 0 Å². The Morgan fingerprint density at radius 3 is 2.24 bits per heavy atom. The highest BCUT2D eigenvalue weighted by atomic mass is 16.5. The summed E-state index contributed by atoms with van der Waals surface area (Å²) in [5.41, 5.74) is 2.00. The van der Waals surface area contributed by atoms with E-state index >= 15 is 0 Å². The molecule has 0 aliphatic rings. The Bertz CT molecular complexity index is 596. The fraction of sp³-hybridized carbons (Fsp3) is 0.400. The van der Waals surface area contributed by atoms with Crippen LogP contribution in [0.25, 0.3) is 0 Å². The molecule has 21 heavy (non-hydrogen) atoms. The molecule has 1 N–H and O–H groups in total. The molecular weight excluding hydrogens is 270 g/mol. The van der Waals surface area contributed by atoms with E-state index in [1.807, 2.05) is 31.4 Å². The summed E-state index contributed by atoms with van der Waals surface area (Å²) < 4.78 is 17.8. The Morgan fingerprint density at radius 2 is 1.67 bits per heavy atom. The third-order valence-electron chi connectivity index (χ3n) is 3.18. The summed E-state index contributed by atoms with van der Waals surface area (Å²) in [6.45, 7) is 1.35. The maximum atomic E-state index is 5.40. The minimum atomic E-state index is 0.653. The lowest BCUT2D eigenvalue weighted by atomic mass is 10.1. The topological polar surface area (TPSA) is 57.5 Å². The fourth-order valence-electron chi connectivity index (χ4n) is 2.11. The SMILES string of the molecule is COc1cc(OC)c(OC)cc1CNCc1ccn(C)n1. The van der Waals surface area contributed by atoms with Gasteiger partial charge in [-0.3, -0.25) is 4.68 Å². The first-order valence-corrected chi connectivity index (χ1v) is 6.66. The van der Waals surface area contributed by atoms with Crippen LogP contribution in [0.2, 0.25) is 0 Å². The molecule has 0 saturated heterocycles. The van der Waals surface area contributed by atoms with E-state index < -0.39 is 0 Å². The monoisotopic (exact) mass is 291 g/mol. The fourth-order valence-corrected chi connectivity index (χ4v) is 2.11. The summed E-state index contributed by atoms with van der Waals surface area (Å²) in [7, 11) is 6.77. The second-order valence-corrected chi connectivity index (χ2v) is 4.60. The average Bonchev–Trinajstić information content (AvgIpc) is 2.92. The number of aromatic nitrogens is 2. The van der Waals surface area contributed by atoms with Crippen LogP contribution in [0.4, 0.5) is 0 Å². The molecule has 0 spiro atoms. The number of nitrogens with zero attached hydrogens (tertiary/aromatic N) is 2. The Kier molecular flexibility index (Phi) is 5.05. The first kappa shape index (κ1) is 15.2. The molecule has 0 fully saturated rings. The maximum absolute atomic E-state index is 5.40. The first-order valence-electron chi connectivity index (χ1n) is 6.66. The minimum absolute atomic E-state index is 0.653. The molecule has 114 valence electrons. The van der Waals surface area contributed by atoms with Crippen molar-refractivity contribution in [3.05, 3.63) is 35.7 Å². The Hall–Kier alpha value is -2.21. The number of hydrogen-bond acceptors (Lipinski definition) is 5. The van der Waals surface area contributed by atoms with Gasteiger partial charge in [-0.1, -0.05) is 0 Å². The van der Waals surface area contributed by atoms with Gasteiger partial charge in [0.1, 0.15) is 5.75 Å². The van der Waals surface area contributed by atoms with Gasteiger partial charge in [0.2, 0.25) is 0 Å². The van der Waals surface area contributed by atoms with Gasteiger partial charge in [-0.15, -0.1) is 0 Å². The lowest BCUT2D eigenvalue weighted by Crippen LogP contribution is -2.14. The van der Waals surface area contributed by atoms with Crippen molar-refractivity contribution in [1.29, 1.82) is 0 Å². The lowest BCUT2D eigenvalue weighted by Gasteiger charge is -2.14. The molecule has 1 heterocycles. The van der Waals surface area contributed by atoms with Gasteiger partial charge >= 0.3 is 0 Å². The summed E-state index contributed by atoms with van der Waals surface area (Å²) in [5.74, 6) is 2.11. The molecule has 1 aromatic heterocycles.